The molecule has 0 bridgehead atoms. The van der Waals surface area contributed by atoms with E-state index in [0.717, 1.165) is 48.7 Å². The van der Waals surface area contributed by atoms with Crippen LogP contribution in [0, 0.1) is 0 Å². The van der Waals surface area contributed by atoms with Crippen LogP contribution in [0.25, 0.3) is 11.1 Å². The van der Waals surface area contributed by atoms with Crippen molar-refractivity contribution in [3.8, 4) is 11.1 Å². The summed E-state index contributed by atoms with van der Waals surface area (Å²) in [4.78, 5) is 20.6. The van der Waals surface area contributed by atoms with E-state index in [1.807, 2.05) is 22.9 Å². The first-order valence-corrected chi connectivity index (χ1v) is 9.32. The zero-order chi connectivity index (χ0) is 19.2. The Morgan fingerprint density at radius 1 is 1.15 bits per heavy atom. The number of nitrogens with zero attached hydrogens (tertiary/aromatic N) is 4. The topological polar surface area (TPSA) is 80.9 Å². The third kappa shape index (κ3) is 4.39. The highest BCUT2D eigenvalue weighted by Gasteiger charge is 2.13. The quantitative estimate of drug-likeness (QED) is 0.653. The minimum atomic E-state index is -0.939. The first-order chi connectivity index (χ1) is 13.1. The summed E-state index contributed by atoms with van der Waals surface area (Å²) in [5.41, 5.74) is 2.63. The molecule has 3 rings (SSSR count). The molecule has 3 aromatic rings. The van der Waals surface area contributed by atoms with Crippen LogP contribution in [0.3, 0.4) is 0 Å². The Balaban J connectivity index is 1.83. The number of aromatic carboxylic acids is 1. The van der Waals surface area contributed by atoms with Crippen LogP contribution in [-0.4, -0.2) is 30.8 Å². The van der Waals surface area contributed by atoms with Crippen molar-refractivity contribution in [2.24, 2.45) is 0 Å². The number of benzene rings is 1. The third-order valence-corrected chi connectivity index (χ3v) is 4.46. The van der Waals surface area contributed by atoms with Gasteiger partial charge in [-0.25, -0.2) is 14.5 Å². The minimum Gasteiger partial charge on any atom is -0.478 e. The van der Waals surface area contributed by atoms with Crippen molar-refractivity contribution in [1.82, 2.24) is 19.7 Å². The predicted molar refractivity (Wildman–Crippen MR) is 104 cm³/mol. The van der Waals surface area contributed by atoms with Crippen LogP contribution in [0.5, 0.6) is 0 Å². The number of pyridine rings is 1. The molecule has 0 unspecified atom stereocenters. The number of rotatable bonds is 8. The molecule has 1 aromatic carbocycles. The monoisotopic (exact) mass is 364 g/mol. The van der Waals surface area contributed by atoms with Gasteiger partial charge in [0.05, 0.1) is 5.56 Å². The molecule has 0 atom stereocenters. The fourth-order valence-corrected chi connectivity index (χ4v) is 2.97. The number of carboxylic acid groups (broad SMARTS) is 1. The van der Waals surface area contributed by atoms with Gasteiger partial charge in [0.25, 0.3) is 0 Å². The Bertz CT molecular complexity index is 916. The van der Waals surface area contributed by atoms with Gasteiger partial charge in [0.1, 0.15) is 5.82 Å². The average Bonchev–Trinajstić information content (AvgIpc) is 3.08. The van der Waals surface area contributed by atoms with Crippen LogP contribution in [0.2, 0.25) is 0 Å². The van der Waals surface area contributed by atoms with Gasteiger partial charge in [0.15, 0.2) is 5.82 Å². The molecule has 0 radical (unpaired) electrons. The summed E-state index contributed by atoms with van der Waals surface area (Å²) in [6.45, 7) is 5.08. The van der Waals surface area contributed by atoms with Crippen molar-refractivity contribution in [2.75, 3.05) is 0 Å². The summed E-state index contributed by atoms with van der Waals surface area (Å²) in [5.74, 6) is 0.838. The molecule has 27 heavy (non-hydrogen) atoms. The van der Waals surface area contributed by atoms with Crippen molar-refractivity contribution < 1.29 is 9.90 Å². The van der Waals surface area contributed by atoms with Gasteiger partial charge in [-0.15, -0.1) is 0 Å². The SMILES string of the molecule is CCCCn1nc(CC)nc1Cc1ccc(-c2ccccc2C(=O)O)cn1. The van der Waals surface area contributed by atoms with Gasteiger partial charge in [-0.05, 0) is 24.1 Å². The molecule has 1 N–H and O–H groups in total. The Hall–Kier alpha value is -3.02. The van der Waals surface area contributed by atoms with Gasteiger partial charge in [0, 0.05) is 36.8 Å². The first-order valence-electron chi connectivity index (χ1n) is 9.32. The lowest BCUT2D eigenvalue weighted by atomic mass is 10.0. The Labute approximate surface area is 158 Å². The molecular weight excluding hydrogens is 340 g/mol. The van der Waals surface area contributed by atoms with Crippen LogP contribution in [-0.2, 0) is 19.4 Å². The van der Waals surface area contributed by atoms with Crippen molar-refractivity contribution in [3.05, 3.63) is 65.5 Å². The zero-order valence-electron chi connectivity index (χ0n) is 15.7. The molecule has 0 aliphatic heterocycles. The standard InChI is InChI=1S/C21H24N4O2/c1-3-5-12-25-20(23-19(4-2)24-25)13-16-11-10-15(14-22-16)17-8-6-7-9-18(17)21(26)27/h6-11,14H,3-5,12-13H2,1-2H3,(H,26,27). The molecule has 0 saturated carbocycles. The Kier molecular flexibility index (Phi) is 5.96. The van der Waals surface area contributed by atoms with Crippen LogP contribution < -0.4 is 0 Å². The van der Waals surface area contributed by atoms with Crippen LogP contribution in [0.1, 0.15) is 54.4 Å². The lowest BCUT2D eigenvalue weighted by molar-refractivity contribution is 0.0697. The van der Waals surface area contributed by atoms with Crippen molar-refractivity contribution in [2.45, 2.75) is 46.1 Å². The molecule has 0 saturated heterocycles. The van der Waals surface area contributed by atoms with Gasteiger partial charge >= 0.3 is 5.97 Å². The summed E-state index contributed by atoms with van der Waals surface area (Å²) >= 11 is 0. The summed E-state index contributed by atoms with van der Waals surface area (Å²) in [5, 5.41) is 13.9. The largest absolute Gasteiger partial charge is 0.478 e. The fourth-order valence-electron chi connectivity index (χ4n) is 2.97. The maximum absolute atomic E-state index is 11.4. The second-order valence-corrected chi connectivity index (χ2v) is 6.44. The molecule has 2 heterocycles. The van der Waals surface area contributed by atoms with Crippen molar-refractivity contribution in [1.29, 1.82) is 0 Å². The smallest absolute Gasteiger partial charge is 0.336 e. The number of unbranched alkanes of at least 4 members (excludes halogenated alkanes) is 1. The second kappa shape index (κ2) is 8.58. The molecule has 6 nitrogen and oxygen atoms in total. The maximum Gasteiger partial charge on any atom is 0.336 e. The molecule has 140 valence electrons. The van der Waals surface area contributed by atoms with Crippen LogP contribution in [0.4, 0.5) is 0 Å². The Morgan fingerprint density at radius 2 is 1.96 bits per heavy atom. The van der Waals surface area contributed by atoms with E-state index in [0.29, 0.717) is 12.0 Å². The number of aromatic nitrogens is 4. The minimum absolute atomic E-state index is 0.277. The lowest BCUT2D eigenvalue weighted by Gasteiger charge is -2.08. The maximum atomic E-state index is 11.4. The predicted octanol–water partition coefficient (Wildman–Crippen LogP) is 3.99. The van der Waals surface area contributed by atoms with Gasteiger partial charge < -0.3 is 5.11 Å². The van der Waals surface area contributed by atoms with Gasteiger partial charge in [0.2, 0.25) is 0 Å². The normalized spacial score (nSPS) is 10.9. The molecule has 0 spiro atoms. The molecular formula is C21H24N4O2. The molecule has 0 amide bonds. The van der Waals surface area contributed by atoms with Crippen molar-refractivity contribution in [3.63, 3.8) is 0 Å². The second-order valence-electron chi connectivity index (χ2n) is 6.44. The highest BCUT2D eigenvalue weighted by Crippen LogP contribution is 2.23. The van der Waals surface area contributed by atoms with E-state index in [1.54, 1.807) is 24.4 Å². The molecule has 2 aromatic heterocycles. The van der Waals surface area contributed by atoms with Gasteiger partial charge in [-0.1, -0.05) is 44.5 Å². The average molecular weight is 364 g/mol. The molecule has 6 heteroatoms. The van der Waals surface area contributed by atoms with E-state index in [9.17, 15) is 9.90 Å². The number of carbonyl (C=O) groups is 1. The van der Waals surface area contributed by atoms with Crippen molar-refractivity contribution >= 4 is 5.97 Å². The number of hydrogen-bond acceptors (Lipinski definition) is 4. The molecule has 0 fully saturated rings. The van der Waals surface area contributed by atoms with E-state index in [4.69, 9.17) is 0 Å². The van der Waals surface area contributed by atoms with Gasteiger partial charge in [-0.2, -0.15) is 5.10 Å². The van der Waals surface area contributed by atoms with E-state index >= 15 is 0 Å². The molecule has 0 aliphatic carbocycles. The summed E-state index contributed by atoms with van der Waals surface area (Å²) in [7, 11) is 0. The van der Waals surface area contributed by atoms with Crippen LogP contribution in [0.15, 0.2) is 42.6 Å². The highest BCUT2D eigenvalue weighted by molar-refractivity contribution is 5.95. The summed E-state index contributed by atoms with van der Waals surface area (Å²) < 4.78 is 1.98. The first kappa shape index (κ1) is 18.8. The van der Waals surface area contributed by atoms with Gasteiger partial charge in [-0.3, -0.25) is 4.98 Å². The van der Waals surface area contributed by atoms with Crippen LogP contribution >= 0.6 is 0 Å². The highest BCUT2D eigenvalue weighted by atomic mass is 16.4. The number of carboxylic acids is 1. The van der Waals surface area contributed by atoms with E-state index in [2.05, 4.69) is 28.9 Å². The van der Waals surface area contributed by atoms with E-state index in [-0.39, 0.29) is 5.56 Å². The number of aryl methyl sites for hydroxylation is 2. The Morgan fingerprint density at radius 3 is 2.63 bits per heavy atom. The summed E-state index contributed by atoms with van der Waals surface area (Å²) in [6.07, 6.45) is 5.32. The zero-order valence-corrected chi connectivity index (χ0v) is 15.7. The van der Waals surface area contributed by atoms with E-state index < -0.39 is 5.97 Å². The lowest BCUT2D eigenvalue weighted by Crippen LogP contribution is -2.07. The third-order valence-electron chi connectivity index (χ3n) is 4.46. The van der Waals surface area contributed by atoms with E-state index in [1.165, 1.54) is 0 Å². The molecule has 0 aliphatic rings. The summed E-state index contributed by atoms with van der Waals surface area (Å²) in [6, 6.07) is 10.8. The number of hydrogen-bond donors (Lipinski definition) is 1. The fraction of sp³-hybridized carbons (Fsp3) is 0.333.